The van der Waals surface area contributed by atoms with Crippen molar-refractivity contribution in [1.82, 2.24) is 4.31 Å². The lowest BCUT2D eigenvalue weighted by Crippen LogP contribution is -2.44. The van der Waals surface area contributed by atoms with Crippen molar-refractivity contribution in [3.05, 3.63) is 58.9 Å². The predicted octanol–water partition coefficient (Wildman–Crippen LogP) is 3.00. The number of anilines is 2. The molecule has 0 unspecified atom stereocenters. The highest BCUT2D eigenvalue weighted by Gasteiger charge is 2.27. The van der Waals surface area contributed by atoms with Crippen LogP contribution in [-0.2, 0) is 15.0 Å². The summed E-state index contributed by atoms with van der Waals surface area (Å²) in [5.74, 6) is -0.976. The SMILES string of the molecule is Cc1cc(C)c(NC(=O)CN(c2ccc(F)cc2)S(=O)(=O)N(C)C)c(C)c1. The summed E-state index contributed by atoms with van der Waals surface area (Å²) in [5, 5.41) is 2.79. The first-order valence-corrected chi connectivity index (χ1v) is 9.75. The zero-order chi connectivity index (χ0) is 20.4. The van der Waals surface area contributed by atoms with Crippen molar-refractivity contribution in [2.24, 2.45) is 0 Å². The zero-order valence-corrected chi connectivity index (χ0v) is 16.9. The largest absolute Gasteiger partial charge is 0.324 e. The first-order chi connectivity index (χ1) is 12.5. The number of nitrogens with one attached hydrogen (secondary N) is 1. The molecule has 27 heavy (non-hydrogen) atoms. The number of rotatable bonds is 6. The fraction of sp³-hybridized carbons (Fsp3) is 0.316. The van der Waals surface area contributed by atoms with E-state index >= 15 is 0 Å². The van der Waals surface area contributed by atoms with Crippen LogP contribution in [0.15, 0.2) is 36.4 Å². The Labute approximate surface area is 159 Å². The van der Waals surface area contributed by atoms with E-state index in [0.29, 0.717) is 5.69 Å². The molecular weight excluding hydrogens is 369 g/mol. The Morgan fingerprint density at radius 3 is 2.04 bits per heavy atom. The molecule has 1 amide bonds. The predicted molar refractivity (Wildman–Crippen MR) is 106 cm³/mol. The van der Waals surface area contributed by atoms with Crippen molar-refractivity contribution in [2.75, 3.05) is 30.3 Å². The minimum absolute atomic E-state index is 0.206. The molecule has 1 N–H and O–H groups in total. The summed E-state index contributed by atoms with van der Waals surface area (Å²) in [6, 6.07) is 8.84. The van der Waals surface area contributed by atoms with Gasteiger partial charge in [0, 0.05) is 19.8 Å². The Morgan fingerprint density at radius 2 is 1.56 bits per heavy atom. The van der Waals surface area contributed by atoms with Crippen LogP contribution in [0.3, 0.4) is 0 Å². The molecule has 2 aromatic carbocycles. The second-order valence-corrected chi connectivity index (χ2v) is 8.66. The summed E-state index contributed by atoms with van der Waals surface area (Å²) in [6.45, 7) is 5.29. The highest BCUT2D eigenvalue weighted by molar-refractivity contribution is 7.90. The Morgan fingerprint density at radius 1 is 1.04 bits per heavy atom. The Bertz CT molecular complexity index is 918. The monoisotopic (exact) mass is 393 g/mol. The second-order valence-electron chi connectivity index (χ2n) is 6.60. The lowest BCUT2D eigenvalue weighted by Gasteiger charge is -2.27. The van der Waals surface area contributed by atoms with E-state index in [1.807, 2.05) is 32.9 Å². The third kappa shape index (κ3) is 4.84. The van der Waals surface area contributed by atoms with E-state index in [2.05, 4.69) is 5.32 Å². The molecule has 0 aliphatic carbocycles. The molecule has 0 saturated carbocycles. The van der Waals surface area contributed by atoms with Gasteiger partial charge in [0.1, 0.15) is 12.4 Å². The summed E-state index contributed by atoms with van der Waals surface area (Å²) in [6.07, 6.45) is 0. The maximum absolute atomic E-state index is 13.2. The summed E-state index contributed by atoms with van der Waals surface area (Å²) < 4.78 is 40.5. The molecule has 0 aliphatic heterocycles. The molecule has 0 radical (unpaired) electrons. The normalized spacial score (nSPS) is 11.5. The minimum Gasteiger partial charge on any atom is -0.324 e. The highest BCUT2D eigenvalue weighted by Crippen LogP contribution is 2.23. The van der Waals surface area contributed by atoms with E-state index in [4.69, 9.17) is 0 Å². The maximum atomic E-state index is 13.2. The number of hydrogen-bond donors (Lipinski definition) is 1. The van der Waals surface area contributed by atoms with Gasteiger partial charge >= 0.3 is 10.2 Å². The molecule has 0 atom stereocenters. The Balaban J connectivity index is 2.33. The summed E-state index contributed by atoms with van der Waals surface area (Å²) in [5.41, 5.74) is 3.73. The van der Waals surface area contributed by atoms with Crippen molar-refractivity contribution >= 4 is 27.5 Å². The van der Waals surface area contributed by atoms with Crippen LogP contribution in [0.1, 0.15) is 16.7 Å². The molecule has 0 bridgehead atoms. The van der Waals surface area contributed by atoms with Crippen LogP contribution >= 0.6 is 0 Å². The van der Waals surface area contributed by atoms with Gasteiger partial charge in [-0.25, -0.2) is 8.70 Å². The third-order valence-electron chi connectivity index (χ3n) is 4.08. The molecule has 0 aliphatic rings. The lowest BCUT2D eigenvalue weighted by atomic mass is 10.1. The van der Waals surface area contributed by atoms with Crippen molar-refractivity contribution in [1.29, 1.82) is 0 Å². The van der Waals surface area contributed by atoms with E-state index in [1.165, 1.54) is 26.2 Å². The number of hydrogen-bond acceptors (Lipinski definition) is 3. The summed E-state index contributed by atoms with van der Waals surface area (Å²) in [4.78, 5) is 12.6. The number of carbonyl (C=O) groups excluding carboxylic acids is 1. The van der Waals surface area contributed by atoms with Gasteiger partial charge in [-0.3, -0.25) is 4.79 Å². The van der Waals surface area contributed by atoms with E-state index < -0.39 is 28.5 Å². The van der Waals surface area contributed by atoms with Crippen molar-refractivity contribution in [3.8, 4) is 0 Å². The number of benzene rings is 2. The molecule has 146 valence electrons. The number of amides is 1. The summed E-state index contributed by atoms with van der Waals surface area (Å²) in [7, 11) is -1.19. The van der Waals surface area contributed by atoms with Crippen LogP contribution in [0, 0.1) is 26.6 Å². The number of nitrogens with zero attached hydrogens (tertiary/aromatic N) is 2. The maximum Gasteiger partial charge on any atom is 0.304 e. The molecule has 0 aromatic heterocycles. The van der Waals surface area contributed by atoms with Crippen LogP contribution < -0.4 is 9.62 Å². The van der Waals surface area contributed by atoms with Gasteiger partial charge in [0.15, 0.2) is 0 Å². The van der Waals surface area contributed by atoms with Crippen molar-refractivity contribution < 1.29 is 17.6 Å². The van der Waals surface area contributed by atoms with Gasteiger partial charge in [0.05, 0.1) is 5.69 Å². The zero-order valence-electron chi connectivity index (χ0n) is 16.1. The first-order valence-electron chi connectivity index (χ1n) is 8.36. The van der Waals surface area contributed by atoms with Crippen LogP contribution in [0.5, 0.6) is 0 Å². The van der Waals surface area contributed by atoms with Crippen LogP contribution in [0.2, 0.25) is 0 Å². The Hall–Kier alpha value is -2.45. The first kappa shape index (κ1) is 20.9. The minimum atomic E-state index is -3.94. The Kier molecular flexibility index (Phi) is 6.22. The molecular formula is C19H24FN3O3S. The summed E-state index contributed by atoms with van der Waals surface area (Å²) >= 11 is 0. The molecule has 0 saturated heterocycles. The van der Waals surface area contributed by atoms with Crippen molar-refractivity contribution in [3.63, 3.8) is 0 Å². The lowest BCUT2D eigenvalue weighted by molar-refractivity contribution is -0.114. The molecule has 2 aromatic rings. The standard InChI is InChI=1S/C19H24FN3O3S/c1-13-10-14(2)19(15(3)11-13)21-18(24)12-23(27(25,26)22(4)5)17-8-6-16(20)7-9-17/h6-11H,12H2,1-5H3,(H,21,24). The van der Waals surface area contributed by atoms with Gasteiger partial charge in [0.25, 0.3) is 0 Å². The molecule has 2 rings (SSSR count). The fourth-order valence-corrected chi connectivity index (χ4v) is 3.86. The average Bonchev–Trinajstić information content (AvgIpc) is 2.56. The number of carbonyl (C=O) groups is 1. The van der Waals surface area contributed by atoms with Gasteiger partial charge in [-0.05, 0) is 56.2 Å². The highest BCUT2D eigenvalue weighted by atomic mass is 32.2. The quantitative estimate of drug-likeness (QED) is 0.820. The second kappa shape index (κ2) is 8.06. The van der Waals surface area contributed by atoms with Crippen molar-refractivity contribution in [2.45, 2.75) is 20.8 Å². The van der Waals surface area contributed by atoms with Gasteiger partial charge < -0.3 is 5.32 Å². The fourth-order valence-electron chi connectivity index (χ4n) is 2.80. The smallest absolute Gasteiger partial charge is 0.304 e. The van der Waals surface area contributed by atoms with Gasteiger partial charge in [0.2, 0.25) is 5.91 Å². The van der Waals surface area contributed by atoms with Gasteiger partial charge in [-0.1, -0.05) is 17.7 Å². The molecule has 8 heteroatoms. The van der Waals surface area contributed by atoms with E-state index in [0.717, 1.165) is 37.4 Å². The third-order valence-corrected chi connectivity index (χ3v) is 5.90. The van der Waals surface area contributed by atoms with E-state index in [-0.39, 0.29) is 5.69 Å². The van der Waals surface area contributed by atoms with Crippen LogP contribution in [-0.4, -0.2) is 39.3 Å². The molecule has 0 fully saturated rings. The van der Waals surface area contributed by atoms with Crippen LogP contribution in [0.25, 0.3) is 0 Å². The topological polar surface area (TPSA) is 69.7 Å². The number of halogens is 1. The molecule has 0 spiro atoms. The van der Waals surface area contributed by atoms with E-state index in [1.54, 1.807) is 0 Å². The van der Waals surface area contributed by atoms with Gasteiger partial charge in [-0.2, -0.15) is 12.7 Å². The van der Waals surface area contributed by atoms with Gasteiger partial charge in [-0.15, -0.1) is 0 Å². The molecule has 0 heterocycles. The molecule has 6 nitrogen and oxygen atoms in total. The number of aryl methyl sites for hydroxylation is 3. The van der Waals surface area contributed by atoms with Crippen LogP contribution in [0.4, 0.5) is 15.8 Å². The average molecular weight is 393 g/mol. The van der Waals surface area contributed by atoms with E-state index in [9.17, 15) is 17.6 Å².